The third kappa shape index (κ3) is 6.03. The van der Waals surface area contributed by atoms with Gasteiger partial charge in [0.05, 0.1) is 6.42 Å². The number of nitrogens with zero attached hydrogens (tertiary/aromatic N) is 1. The molecule has 0 spiro atoms. The molecule has 0 aliphatic carbocycles. The summed E-state index contributed by atoms with van der Waals surface area (Å²) in [6.45, 7) is 4.44. The normalized spacial score (nSPS) is 15.3. The van der Waals surface area contributed by atoms with E-state index in [1.165, 1.54) is 0 Å². The zero-order valence-corrected chi connectivity index (χ0v) is 16.6. The number of esters is 1. The molecule has 0 unspecified atom stereocenters. The lowest BCUT2D eigenvalue weighted by Gasteiger charge is -2.31. The Labute approximate surface area is 167 Å². The van der Waals surface area contributed by atoms with Crippen molar-refractivity contribution in [1.29, 1.82) is 0 Å². The lowest BCUT2D eigenvalue weighted by molar-refractivity contribution is -0.150. The summed E-state index contributed by atoms with van der Waals surface area (Å²) in [5.41, 5.74) is 3.20. The molecule has 4 heteroatoms. The summed E-state index contributed by atoms with van der Waals surface area (Å²) in [6.07, 6.45) is 3.59. The second-order valence-electron chi connectivity index (χ2n) is 7.54. The third-order valence-electron chi connectivity index (χ3n) is 5.27. The molecule has 1 aliphatic heterocycles. The Kier molecular flexibility index (Phi) is 7.38. The van der Waals surface area contributed by atoms with Gasteiger partial charge in [0.1, 0.15) is 11.9 Å². The first-order chi connectivity index (χ1) is 13.6. The number of benzene rings is 2. The average molecular weight is 380 g/mol. The van der Waals surface area contributed by atoms with Gasteiger partial charge in [0.15, 0.2) is 0 Å². The molecule has 1 saturated heterocycles. The smallest absolute Gasteiger partial charge is 0.310 e. The molecule has 1 aliphatic rings. The van der Waals surface area contributed by atoms with E-state index in [1.807, 2.05) is 36.4 Å². The number of piperidine rings is 1. The number of carbonyl (C=O) groups is 2. The summed E-state index contributed by atoms with van der Waals surface area (Å²) in [7, 11) is 0. The van der Waals surface area contributed by atoms with E-state index in [4.69, 9.17) is 4.74 Å². The van der Waals surface area contributed by atoms with E-state index >= 15 is 0 Å². The van der Waals surface area contributed by atoms with Gasteiger partial charge in [0.25, 0.3) is 0 Å². The quantitative estimate of drug-likeness (QED) is 0.643. The first-order valence-corrected chi connectivity index (χ1v) is 10.2. The molecule has 0 amide bonds. The Bertz CT molecular complexity index is 779. The molecule has 1 fully saturated rings. The Balaban J connectivity index is 1.49. The SMILES string of the molecule is CC(=O)CCCN1CCC(OC(=O)Cc2ccccc2-c2ccccc2)CC1. The summed E-state index contributed by atoms with van der Waals surface area (Å²) in [4.78, 5) is 25.9. The topological polar surface area (TPSA) is 46.6 Å². The van der Waals surface area contributed by atoms with Crippen LogP contribution >= 0.6 is 0 Å². The third-order valence-corrected chi connectivity index (χ3v) is 5.27. The lowest BCUT2D eigenvalue weighted by atomic mass is 9.98. The summed E-state index contributed by atoms with van der Waals surface area (Å²) in [6, 6.07) is 18.2. The number of Topliss-reactive ketones (excluding diaryl/α,β-unsaturated/α-hetero) is 1. The molecule has 148 valence electrons. The van der Waals surface area contributed by atoms with E-state index < -0.39 is 0 Å². The van der Waals surface area contributed by atoms with Crippen LogP contribution in [0.4, 0.5) is 0 Å². The predicted molar refractivity (Wildman–Crippen MR) is 111 cm³/mol. The molecule has 1 heterocycles. The predicted octanol–water partition coefficient (Wildman–Crippen LogP) is 4.27. The van der Waals surface area contributed by atoms with Crippen LogP contribution in [0.3, 0.4) is 0 Å². The highest BCUT2D eigenvalue weighted by atomic mass is 16.5. The molecule has 3 rings (SSSR count). The van der Waals surface area contributed by atoms with Gasteiger partial charge in [-0.05, 0) is 49.4 Å². The number of hydrogen-bond donors (Lipinski definition) is 0. The van der Waals surface area contributed by atoms with Crippen LogP contribution < -0.4 is 0 Å². The standard InChI is InChI=1S/C24H29NO3/c1-19(26)8-7-15-25-16-13-22(14-17-25)28-24(27)18-21-11-5-6-12-23(21)20-9-3-2-4-10-20/h2-6,9-12,22H,7-8,13-18H2,1H3. The molecular formula is C24H29NO3. The monoisotopic (exact) mass is 379 g/mol. The van der Waals surface area contributed by atoms with Gasteiger partial charge in [-0.15, -0.1) is 0 Å². The number of carbonyl (C=O) groups excluding carboxylic acids is 2. The lowest BCUT2D eigenvalue weighted by Crippen LogP contribution is -2.38. The maximum Gasteiger partial charge on any atom is 0.310 e. The number of ether oxygens (including phenoxy) is 1. The Morgan fingerprint density at radius 2 is 1.68 bits per heavy atom. The second kappa shape index (κ2) is 10.2. The fourth-order valence-corrected chi connectivity index (χ4v) is 3.76. The zero-order chi connectivity index (χ0) is 19.8. The summed E-state index contributed by atoms with van der Waals surface area (Å²) >= 11 is 0. The largest absolute Gasteiger partial charge is 0.462 e. The van der Waals surface area contributed by atoms with Crippen molar-refractivity contribution in [3.05, 3.63) is 60.2 Å². The molecule has 4 nitrogen and oxygen atoms in total. The van der Waals surface area contributed by atoms with Crippen LogP contribution in [0, 0.1) is 0 Å². The Morgan fingerprint density at radius 3 is 2.39 bits per heavy atom. The van der Waals surface area contributed by atoms with Crippen molar-refractivity contribution >= 4 is 11.8 Å². The van der Waals surface area contributed by atoms with Gasteiger partial charge in [-0.1, -0.05) is 54.6 Å². The van der Waals surface area contributed by atoms with Crippen LogP contribution in [0.25, 0.3) is 11.1 Å². The van der Waals surface area contributed by atoms with Gasteiger partial charge in [0.2, 0.25) is 0 Å². The highest BCUT2D eigenvalue weighted by Gasteiger charge is 2.22. The summed E-state index contributed by atoms with van der Waals surface area (Å²) in [5, 5.41) is 0. The van der Waals surface area contributed by atoms with E-state index in [0.717, 1.165) is 55.6 Å². The first kappa shape index (κ1) is 20.3. The molecule has 0 aromatic heterocycles. The molecule has 2 aromatic rings. The summed E-state index contributed by atoms with van der Waals surface area (Å²) in [5.74, 6) is 0.0954. The Hall–Kier alpha value is -2.46. The van der Waals surface area contributed by atoms with Crippen molar-refractivity contribution in [1.82, 2.24) is 4.90 Å². The fraction of sp³-hybridized carbons (Fsp3) is 0.417. The van der Waals surface area contributed by atoms with Crippen molar-refractivity contribution < 1.29 is 14.3 Å². The molecule has 28 heavy (non-hydrogen) atoms. The van der Waals surface area contributed by atoms with Crippen LogP contribution in [0.15, 0.2) is 54.6 Å². The molecule has 0 N–H and O–H groups in total. The van der Waals surface area contributed by atoms with E-state index in [2.05, 4.69) is 23.1 Å². The van der Waals surface area contributed by atoms with Gasteiger partial charge in [0, 0.05) is 19.5 Å². The van der Waals surface area contributed by atoms with Gasteiger partial charge in [-0.25, -0.2) is 0 Å². The van der Waals surface area contributed by atoms with Gasteiger partial charge in [-0.2, -0.15) is 0 Å². The molecular weight excluding hydrogens is 350 g/mol. The van der Waals surface area contributed by atoms with Gasteiger partial charge in [-0.3, -0.25) is 4.79 Å². The van der Waals surface area contributed by atoms with Crippen LogP contribution in [0.2, 0.25) is 0 Å². The highest BCUT2D eigenvalue weighted by Crippen LogP contribution is 2.24. The van der Waals surface area contributed by atoms with Gasteiger partial charge >= 0.3 is 5.97 Å². The van der Waals surface area contributed by atoms with Crippen molar-refractivity contribution in [2.24, 2.45) is 0 Å². The van der Waals surface area contributed by atoms with Crippen molar-refractivity contribution in [3.63, 3.8) is 0 Å². The van der Waals surface area contributed by atoms with Gasteiger partial charge < -0.3 is 14.4 Å². The van der Waals surface area contributed by atoms with E-state index in [9.17, 15) is 9.59 Å². The minimum Gasteiger partial charge on any atom is -0.462 e. The minimum absolute atomic E-state index is 0.000412. The highest BCUT2D eigenvalue weighted by molar-refractivity contribution is 5.78. The fourth-order valence-electron chi connectivity index (χ4n) is 3.76. The van der Waals surface area contributed by atoms with Crippen molar-refractivity contribution in [2.75, 3.05) is 19.6 Å². The van der Waals surface area contributed by atoms with E-state index in [0.29, 0.717) is 12.8 Å². The molecule has 0 radical (unpaired) electrons. The van der Waals surface area contributed by atoms with Crippen molar-refractivity contribution in [3.8, 4) is 11.1 Å². The van der Waals surface area contributed by atoms with Crippen molar-refractivity contribution in [2.45, 2.75) is 45.1 Å². The number of likely N-dealkylation sites (tertiary alicyclic amines) is 1. The maximum absolute atomic E-state index is 12.5. The van der Waals surface area contributed by atoms with Crippen LogP contribution in [-0.2, 0) is 20.7 Å². The average Bonchev–Trinajstić information content (AvgIpc) is 2.70. The number of hydrogen-bond acceptors (Lipinski definition) is 4. The van der Waals surface area contributed by atoms with E-state index in [-0.39, 0.29) is 17.9 Å². The van der Waals surface area contributed by atoms with Crippen LogP contribution in [-0.4, -0.2) is 42.4 Å². The van der Waals surface area contributed by atoms with Crippen LogP contribution in [0.5, 0.6) is 0 Å². The second-order valence-corrected chi connectivity index (χ2v) is 7.54. The molecule has 0 atom stereocenters. The van der Waals surface area contributed by atoms with Crippen LogP contribution in [0.1, 0.15) is 38.2 Å². The molecule has 0 bridgehead atoms. The Morgan fingerprint density at radius 1 is 1.00 bits per heavy atom. The number of rotatable bonds is 8. The molecule has 0 saturated carbocycles. The summed E-state index contributed by atoms with van der Waals surface area (Å²) < 4.78 is 5.76. The maximum atomic E-state index is 12.5. The first-order valence-electron chi connectivity index (χ1n) is 10.2. The number of ketones is 1. The van der Waals surface area contributed by atoms with E-state index in [1.54, 1.807) is 6.92 Å². The molecule has 2 aromatic carbocycles. The zero-order valence-electron chi connectivity index (χ0n) is 16.6. The minimum atomic E-state index is -0.154.